The van der Waals surface area contributed by atoms with E-state index in [1.54, 1.807) is 0 Å². The second-order valence-corrected chi connectivity index (χ2v) is 10.2. The number of benzene rings is 1. The van der Waals surface area contributed by atoms with Crippen molar-refractivity contribution in [3.8, 4) is 22.8 Å². The number of hydrogen-bond acceptors (Lipinski definition) is 4. The highest BCUT2D eigenvalue weighted by Crippen LogP contribution is 2.53. The van der Waals surface area contributed by atoms with Gasteiger partial charge in [-0.05, 0) is 48.3 Å². The molecule has 150 valence electrons. The van der Waals surface area contributed by atoms with Gasteiger partial charge in [-0.15, -0.1) is 0 Å². The zero-order chi connectivity index (χ0) is 19.5. The molecule has 28 heavy (non-hydrogen) atoms. The van der Waals surface area contributed by atoms with Crippen molar-refractivity contribution < 1.29 is 9.47 Å². The molecule has 1 aromatic heterocycles. The average Bonchev–Trinajstić information content (AvgIpc) is 3.10. The smallest absolute Gasteiger partial charge is 0.162 e. The largest absolute Gasteiger partial charge is 0.486 e. The standard InChI is InChI=1S/C23H31N3O2/c1-22(2)10-18-11-23(3,14-22)15-26(18)13-17-12-25(4)24-21(17)16-5-6-19-20(9-16)28-8-7-27-19/h5-6,9,12,18H,7-8,10-11,13-15H2,1-4H3/t18-,23-/m1/s1. The molecule has 2 aromatic rings. The molecule has 0 amide bonds. The lowest BCUT2D eigenvalue weighted by Gasteiger charge is -2.39. The summed E-state index contributed by atoms with van der Waals surface area (Å²) in [6.45, 7) is 10.7. The first-order chi connectivity index (χ1) is 13.3. The van der Waals surface area contributed by atoms with Crippen molar-refractivity contribution in [3.05, 3.63) is 30.0 Å². The number of ether oxygens (including phenoxy) is 2. The Hall–Kier alpha value is -2.01. The molecule has 5 rings (SSSR count). The Balaban J connectivity index is 1.43. The fraction of sp³-hybridized carbons (Fsp3) is 0.609. The van der Waals surface area contributed by atoms with Crippen LogP contribution in [0.25, 0.3) is 11.3 Å². The van der Waals surface area contributed by atoms with Gasteiger partial charge in [0.25, 0.3) is 0 Å². The van der Waals surface area contributed by atoms with Gasteiger partial charge in [0.05, 0.1) is 5.69 Å². The van der Waals surface area contributed by atoms with E-state index in [2.05, 4.69) is 44.0 Å². The van der Waals surface area contributed by atoms with E-state index in [0.29, 0.717) is 30.1 Å². The van der Waals surface area contributed by atoms with Crippen LogP contribution in [0.3, 0.4) is 0 Å². The van der Waals surface area contributed by atoms with E-state index >= 15 is 0 Å². The van der Waals surface area contributed by atoms with Crippen LogP contribution in [-0.4, -0.2) is 40.5 Å². The molecular weight excluding hydrogens is 350 g/mol. The second kappa shape index (κ2) is 6.24. The third-order valence-electron chi connectivity index (χ3n) is 6.62. The van der Waals surface area contributed by atoms with Gasteiger partial charge in [-0.3, -0.25) is 9.58 Å². The molecule has 3 heterocycles. The molecule has 1 saturated carbocycles. The Morgan fingerprint density at radius 2 is 1.89 bits per heavy atom. The summed E-state index contributed by atoms with van der Waals surface area (Å²) < 4.78 is 13.4. The predicted octanol–water partition coefficient (Wildman–Crippen LogP) is 4.26. The highest BCUT2D eigenvalue weighted by Gasteiger charge is 2.49. The summed E-state index contributed by atoms with van der Waals surface area (Å²) in [5.41, 5.74) is 4.36. The monoisotopic (exact) mass is 381 g/mol. The lowest BCUT2D eigenvalue weighted by atomic mass is 9.65. The van der Waals surface area contributed by atoms with Crippen molar-refractivity contribution in [3.63, 3.8) is 0 Å². The Labute approximate surface area is 167 Å². The molecule has 0 unspecified atom stereocenters. The Morgan fingerprint density at radius 1 is 1.11 bits per heavy atom. The summed E-state index contributed by atoms with van der Waals surface area (Å²) in [6.07, 6.45) is 6.13. The van der Waals surface area contributed by atoms with Crippen LogP contribution in [0.1, 0.15) is 45.6 Å². The van der Waals surface area contributed by atoms with Crippen LogP contribution in [-0.2, 0) is 13.6 Å². The number of nitrogens with zero attached hydrogens (tertiary/aromatic N) is 3. The maximum absolute atomic E-state index is 5.79. The van der Waals surface area contributed by atoms with Crippen molar-refractivity contribution in [2.45, 2.75) is 52.6 Å². The van der Waals surface area contributed by atoms with Gasteiger partial charge in [0, 0.05) is 43.5 Å². The number of fused-ring (bicyclic) bond motifs is 3. The quantitative estimate of drug-likeness (QED) is 0.796. The minimum atomic E-state index is 0.444. The maximum Gasteiger partial charge on any atom is 0.162 e. The Bertz CT molecular complexity index is 903. The molecule has 3 aliphatic rings. The molecular formula is C23H31N3O2. The molecule has 0 N–H and O–H groups in total. The summed E-state index contributed by atoms with van der Waals surface area (Å²) in [6, 6.07) is 6.87. The number of hydrogen-bond donors (Lipinski definition) is 0. The third kappa shape index (κ3) is 3.20. The van der Waals surface area contributed by atoms with Crippen LogP contribution in [0.4, 0.5) is 0 Å². The van der Waals surface area contributed by atoms with Gasteiger partial charge >= 0.3 is 0 Å². The minimum absolute atomic E-state index is 0.444. The van der Waals surface area contributed by atoms with Gasteiger partial charge in [-0.25, -0.2) is 0 Å². The molecule has 2 fully saturated rings. The van der Waals surface area contributed by atoms with E-state index in [1.807, 2.05) is 17.8 Å². The lowest BCUT2D eigenvalue weighted by molar-refractivity contribution is 0.126. The molecule has 0 radical (unpaired) electrons. The number of rotatable bonds is 3. The van der Waals surface area contributed by atoms with Crippen molar-refractivity contribution in [2.24, 2.45) is 17.9 Å². The summed E-state index contributed by atoms with van der Waals surface area (Å²) in [4.78, 5) is 2.70. The first-order valence-corrected chi connectivity index (χ1v) is 10.5. The van der Waals surface area contributed by atoms with E-state index in [0.717, 1.165) is 29.3 Å². The van der Waals surface area contributed by atoms with Crippen molar-refractivity contribution >= 4 is 0 Å². The van der Waals surface area contributed by atoms with E-state index in [4.69, 9.17) is 14.6 Å². The number of aromatic nitrogens is 2. The van der Waals surface area contributed by atoms with Gasteiger partial charge in [0.1, 0.15) is 13.2 Å². The molecule has 0 spiro atoms. The SMILES string of the molecule is Cn1cc(CN2C[C@]3(C)C[C@H]2CC(C)(C)C3)c(-c2ccc3c(c2)OCCO3)n1. The van der Waals surface area contributed by atoms with Crippen LogP contribution < -0.4 is 9.47 Å². The number of aryl methyl sites for hydroxylation is 1. The first-order valence-electron chi connectivity index (χ1n) is 10.5. The highest BCUT2D eigenvalue weighted by atomic mass is 16.6. The van der Waals surface area contributed by atoms with Gasteiger partial charge < -0.3 is 9.47 Å². The molecule has 1 aliphatic carbocycles. The summed E-state index contributed by atoms with van der Waals surface area (Å²) in [5.74, 6) is 1.66. The molecule has 1 saturated heterocycles. The van der Waals surface area contributed by atoms with Crippen LogP contribution in [0.2, 0.25) is 0 Å². The van der Waals surface area contributed by atoms with Crippen molar-refractivity contribution in [2.75, 3.05) is 19.8 Å². The highest BCUT2D eigenvalue weighted by molar-refractivity contribution is 5.67. The van der Waals surface area contributed by atoms with Gasteiger partial charge in [0.15, 0.2) is 11.5 Å². The van der Waals surface area contributed by atoms with Crippen LogP contribution in [0, 0.1) is 10.8 Å². The van der Waals surface area contributed by atoms with Crippen molar-refractivity contribution in [1.82, 2.24) is 14.7 Å². The summed E-state index contributed by atoms with van der Waals surface area (Å²) in [5, 5.41) is 4.80. The maximum atomic E-state index is 5.79. The number of likely N-dealkylation sites (tertiary alicyclic amines) is 1. The van der Waals surface area contributed by atoms with Crippen molar-refractivity contribution in [1.29, 1.82) is 0 Å². The summed E-state index contributed by atoms with van der Waals surface area (Å²) in [7, 11) is 2.01. The summed E-state index contributed by atoms with van der Waals surface area (Å²) >= 11 is 0. The normalized spacial score (nSPS) is 28.5. The molecule has 5 nitrogen and oxygen atoms in total. The Morgan fingerprint density at radius 3 is 2.71 bits per heavy atom. The average molecular weight is 382 g/mol. The van der Waals surface area contributed by atoms with Gasteiger partial charge in [-0.1, -0.05) is 20.8 Å². The fourth-order valence-corrected chi connectivity index (χ4v) is 6.07. The Kier molecular flexibility index (Phi) is 4.02. The van der Waals surface area contributed by atoms with E-state index in [-0.39, 0.29) is 0 Å². The zero-order valence-electron chi connectivity index (χ0n) is 17.5. The molecule has 5 heteroatoms. The fourth-order valence-electron chi connectivity index (χ4n) is 6.07. The van der Waals surface area contributed by atoms with E-state index in [9.17, 15) is 0 Å². The molecule has 2 bridgehead atoms. The first kappa shape index (κ1) is 18.0. The zero-order valence-corrected chi connectivity index (χ0v) is 17.5. The molecule has 1 aromatic carbocycles. The van der Waals surface area contributed by atoms with E-state index < -0.39 is 0 Å². The molecule has 2 atom stereocenters. The topological polar surface area (TPSA) is 39.5 Å². The van der Waals surface area contributed by atoms with Crippen LogP contribution in [0.5, 0.6) is 11.5 Å². The van der Waals surface area contributed by atoms with Gasteiger partial charge in [-0.2, -0.15) is 5.10 Å². The molecule has 2 aliphatic heterocycles. The van der Waals surface area contributed by atoms with Crippen LogP contribution in [0.15, 0.2) is 24.4 Å². The second-order valence-electron chi connectivity index (χ2n) is 10.2. The van der Waals surface area contributed by atoms with Crippen LogP contribution >= 0.6 is 0 Å². The lowest BCUT2D eigenvalue weighted by Crippen LogP contribution is -2.34. The van der Waals surface area contributed by atoms with E-state index in [1.165, 1.54) is 31.4 Å². The third-order valence-corrected chi connectivity index (χ3v) is 6.62. The van der Waals surface area contributed by atoms with Gasteiger partial charge in [0.2, 0.25) is 0 Å². The predicted molar refractivity (Wildman–Crippen MR) is 110 cm³/mol. The minimum Gasteiger partial charge on any atom is -0.486 e.